The molecule has 2 aromatic carbocycles. The van der Waals surface area contributed by atoms with Crippen molar-refractivity contribution in [2.75, 3.05) is 11.9 Å². The minimum absolute atomic E-state index is 0.787. The molecule has 0 aromatic heterocycles. The van der Waals surface area contributed by atoms with Gasteiger partial charge in [-0.05, 0) is 58.2 Å². The van der Waals surface area contributed by atoms with E-state index in [0.29, 0.717) is 0 Å². The zero-order valence-corrected chi connectivity index (χ0v) is 15.2. The second-order valence-electron chi connectivity index (χ2n) is 4.82. The molecule has 0 bridgehead atoms. The summed E-state index contributed by atoms with van der Waals surface area (Å²) in [6.07, 6.45) is 2.25. The summed E-state index contributed by atoms with van der Waals surface area (Å²) in [4.78, 5) is 0. The van der Waals surface area contributed by atoms with Crippen LogP contribution in [0.3, 0.4) is 0 Å². The molecule has 2 rings (SSSR count). The number of ether oxygens (including phenoxy) is 1. The molecular weight excluding hydrogens is 394 g/mol. The molecule has 0 aliphatic rings. The Morgan fingerprint density at radius 3 is 2.48 bits per heavy atom. The van der Waals surface area contributed by atoms with Gasteiger partial charge in [0.15, 0.2) is 0 Å². The smallest absolute Gasteiger partial charge is 0.119 e. The van der Waals surface area contributed by atoms with Gasteiger partial charge in [-0.1, -0.05) is 41.4 Å². The highest BCUT2D eigenvalue weighted by atomic mass is 79.9. The van der Waals surface area contributed by atoms with Crippen LogP contribution in [0.5, 0.6) is 5.75 Å². The molecule has 0 fully saturated rings. The SMILES string of the molecule is CCCCOc1ccc(CNc2ccc(Br)cc2Br)cc1. The first-order valence-electron chi connectivity index (χ1n) is 7.09. The van der Waals surface area contributed by atoms with Crippen molar-refractivity contribution in [1.82, 2.24) is 0 Å². The van der Waals surface area contributed by atoms with Gasteiger partial charge in [-0.15, -0.1) is 0 Å². The van der Waals surface area contributed by atoms with E-state index in [1.165, 1.54) is 5.56 Å². The predicted octanol–water partition coefficient (Wildman–Crippen LogP) is 6.00. The molecule has 0 atom stereocenters. The third-order valence-electron chi connectivity index (χ3n) is 3.10. The lowest BCUT2D eigenvalue weighted by Gasteiger charge is -2.10. The Hall–Kier alpha value is -1.000. The number of halogens is 2. The summed E-state index contributed by atoms with van der Waals surface area (Å²) < 4.78 is 7.78. The molecule has 112 valence electrons. The van der Waals surface area contributed by atoms with E-state index in [1.807, 2.05) is 24.3 Å². The highest BCUT2D eigenvalue weighted by Crippen LogP contribution is 2.26. The monoisotopic (exact) mass is 411 g/mol. The number of rotatable bonds is 7. The molecule has 2 nitrogen and oxygen atoms in total. The number of hydrogen-bond donors (Lipinski definition) is 1. The summed E-state index contributed by atoms with van der Waals surface area (Å²) in [5.74, 6) is 0.942. The third-order valence-corrected chi connectivity index (χ3v) is 4.25. The highest BCUT2D eigenvalue weighted by molar-refractivity contribution is 9.11. The topological polar surface area (TPSA) is 21.3 Å². The predicted molar refractivity (Wildman–Crippen MR) is 96.0 cm³/mol. The summed E-state index contributed by atoms with van der Waals surface area (Å²) in [5, 5.41) is 3.42. The zero-order valence-electron chi connectivity index (χ0n) is 12.0. The Morgan fingerprint density at radius 2 is 1.81 bits per heavy atom. The average molecular weight is 413 g/mol. The fourth-order valence-electron chi connectivity index (χ4n) is 1.87. The van der Waals surface area contributed by atoms with Gasteiger partial charge in [-0.25, -0.2) is 0 Å². The summed E-state index contributed by atoms with van der Waals surface area (Å²) in [7, 11) is 0. The van der Waals surface area contributed by atoms with Crippen LogP contribution < -0.4 is 10.1 Å². The maximum atomic E-state index is 5.66. The molecule has 0 unspecified atom stereocenters. The van der Waals surface area contributed by atoms with Crippen molar-refractivity contribution < 1.29 is 4.74 Å². The second kappa shape index (κ2) is 8.44. The van der Waals surface area contributed by atoms with Gasteiger partial charge in [-0.2, -0.15) is 0 Å². The minimum Gasteiger partial charge on any atom is -0.494 e. The van der Waals surface area contributed by atoms with Crippen LogP contribution in [0.1, 0.15) is 25.3 Å². The van der Waals surface area contributed by atoms with Gasteiger partial charge in [0.2, 0.25) is 0 Å². The first kappa shape index (κ1) is 16.4. The van der Waals surface area contributed by atoms with Crippen LogP contribution in [0.4, 0.5) is 5.69 Å². The van der Waals surface area contributed by atoms with Crippen LogP contribution >= 0.6 is 31.9 Å². The maximum absolute atomic E-state index is 5.66. The average Bonchev–Trinajstić information content (AvgIpc) is 2.48. The second-order valence-corrected chi connectivity index (χ2v) is 6.59. The van der Waals surface area contributed by atoms with E-state index in [9.17, 15) is 0 Å². The van der Waals surface area contributed by atoms with Crippen molar-refractivity contribution in [2.24, 2.45) is 0 Å². The molecule has 0 saturated heterocycles. The largest absolute Gasteiger partial charge is 0.494 e. The standard InChI is InChI=1S/C17H19Br2NO/c1-2-3-10-21-15-7-4-13(5-8-15)12-20-17-9-6-14(18)11-16(17)19/h4-9,11,20H,2-3,10,12H2,1H3. The van der Waals surface area contributed by atoms with Gasteiger partial charge in [0.05, 0.1) is 6.61 Å². The molecule has 0 amide bonds. The minimum atomic E-state index is 0.787. The van der Waals surface area contributed by atoms with E-state index in [0.717, 1.165) is 46.4 Å². The maximum Gasteiger partial charge on any atom is 0.119 e. The molecule has 0 heterocycles. The van der Waals surface area contributed by atoms with Crippen molar-refractivity contribution in [1.29, 1.82) is 0 Å². The van der Waals surface area contributed by atoms with Crippen molar-refractivity contribution in [2.45, 2.75) is 26.3 Å². The summed E-state index contributed by atoms with van der Waals surface area (Å²) >= 11 is 7.01. The Morgan fingerprint density at radius 1 is 1.05 bits per heavy atom. The van der Waals surface area contributed by atoms with E-state index in [2.05, 4.69) is 62.3 Å². The van der Waals surface area contributed by atoms with Crippen molar-refractivity contribution in [3.8, 4) is 5.75 Å². The lowest BCUT2D eigenvalue weighted by molar-refractivity contribution is 0.309. The molecule has 0 saturated carbocycles. The number of benzene rings is 2. The van der Waals surface area contributed by atoms with Crippen LogP contribution in [0.2, 0.25) is 0 Å². The number of hydrogen-bond acceptors (Lipinski definition) is 2. The van der Waals surface area contributed by atoms with Crippen LogP contribution in [0.15, 0.2) is 51.4 Å². The lowest BCUT2D eigenvalue weighted by Crippen LogP contribution is -2.00. The van der Waals surface area contributed by atoms with Gasteiger partial charge >= 0.3 is 0 Å². The Kier molecular flexibility index (Phi) is 6.58. The summed E-state index contributed by atoms with van der Waals surface area (Å²) in [6.45, 7) is 3.74. The first-order valence-corrected chi connectivity index (χ1v) is 8.68. The summed E-state index contributed by atoms with van der Waals surface area (Å²) in [5.41, 5.74) is 2.31. The van der Waals surface area contributed by atoms with Gasteiger partial charge < -0.3 is 10.1 Å². The number of unbranched alkanes of at least 4 members (excludes halogenated alkanes) is 1. The molecule has 0 aliphatic heterocycles. The molecular formula is C17H19Br2NO. The van der Waals surface area contributed by atoms with Crippen LogP contribution in [-0.2, 0) is 6.54 Å². The van der Waals surface area contributed by atoms with Crippen LogP contribution in [0, 0.1) is 0 Å². The van der Waals surface area contributed by atoms with E-state index >= 15 is 0 Å². The zero-order chi connectivity index (χ0) is 15.1. The third kappa shape index (κ3) is 5.36. The molecule has 4 heteroatoms. The molecule has 0 spiro atoms. The Balaban J connectivity index is 1.88. The Labute approximate surface area is 143 Å². The van der Waals surface area contributed by atoms with E-state index in [1.54, 1.807) is 0 Å². The van der Waals surface area contributed by atoms with Crippen molar-refractivity contribution >= 4 is 37.5 Å². The molecule has 0 aliphatic carbocycles. The van der Waals surface area contributed by atoms with Crippen LogP contribution in [0.25, 0.3) is 0 Å². The highest BCUT2D eigenvalue weighted by Gasteiger charge is 2.01. The van der Waals surface area contributed by atoms with E-state index in [-0.39, 0.29) is 0 Å². The molecule has 21 heavy (non-hydrogen) atoms. The van der Waals surface area contributed by atoms with Gasteiger partial charge in [0.1, 0.15) is 5.75 Å². The first-order chi connectivity index (χ1) is 10.2. The van der Waals surface area contributed by atoms with Gasteiger partial charge in [0, 0.05) is 21.2 Å². The fraction of sp³-hybridized carbons (Fsp3) is 0.294. The number of anilines is 1. The molecule has 0 radical (unpaired) electrons. The lowest BCUT2D eigenvalue weighted by atomic mass is 10.2. The normalized spacial score (nSPS) is 10.4. The van der Waals surface area contributed by atoms with Crippen molar-refractivity contribution in [3.63, 3.8) is 0 Å². The van der Waals surface area contributed by atoms with Gasteiger partial charge in [-0.3, -0.25) is 0 Å². The molecule has 1 N–H and O–H groups in total. The Bertz CT molecular complexity index is 570. The summed E-state index contributed by atoms with van der Waals surface area (Å²) in [6, 6.07) is 14.4. The molecule has 2 aromatic rings. The fourth-order valence-corrected chi connectivity index (χ4v) is 3.06. The number of nitrogens with one attached hydrogen (secondary N) is 1. The quantitative estimate of drug-likeness (QED) is 0.562. The van der Waals surface area contributed by atoms with E-state index < -0.39 is 0 Å². The van der Waals surface area contributed by atoms with Gasteiger partial charge in [0.25, 0.3) is 0 Å². The van der Waals surface area contributed by atoms with E-state index in [4.69, 9.17) is 4.74 Å². The van der Waals surface area contributed by atoms with Crippen molar-refractivity contribution in [3.05, 3.63) is 57.0 Å². The van der Waals surface area contributed by atoms with Crippen LogP contribution in [-0.4, -0.2) is 6.61 Å².